The van der Waals surface area contributed by atoms with E-state index >= 15 is 0 Å². The molecule has 1 saturated heterocycles. The van der Waals surface area contributed by atoms with Crippen molar-refractivity contribution in [3.05, 3.63) is 35.4 Å². The monoisotopic (exact) mass is 375 g/mol. The van der Waals surface area contributed by atoms with Gasteiger partial charge in [0.1, 0.15) is 0 Å². The van der Waals surface area contributed by atoms with E-state index in [-0.39, 0.29) is 30.6 Å². The SMILES string of the molecule is I.NC(=NCc1ccccc1CO)N1CCCCC1. The molecule has 0 amide bonds. The lowest BCUT2D eigenvalue weighted by Crippen LogP contribution is -2.40. The lowest BCUT2D eigenvalue weighted by atomic mass is 10.1. The summed E-state index contributed by atoms with van der Waals surface area (Å²) >= 11 is 0. The highest BCUT2D eigenvalue weighted by Gasteiger charge is 2.11. The molecule has 0 radical (unpaired) electrons. The van der Waals surface area contributed by atoms with Crippen LogP contribution in [0.2, 0.25) is 0 Å². The number of likely N-dealkylation sites (tertiary alicyclic amines) is 1. The molecule has 0 atom stereocenters. The third-order valence-electron chi connectivity index (χ3n) is 3.38. The number of rotatable bonds is 3. The van der Waals surface area contributed by atoms with Crippen molar-refractivity contribution in [1.82, 2.24) is 4.90 Å². The van der Waals surface area contributed by atoms with Gasteiger partial charge in [-0.3, -0.25) is 0 Å². The fourth-order valence-corrected chi connectivity index (χ4v) is 2.26. The Balaban J connectivity index is 0.00000180. The number of benzene rings is 1. The quantitative estimate of drug-likeness (QED) is 0.483. The first-order chi connectivity index (χ1) is 8.81. The van der Waals surface area contributed by atoms with Gasteiger partial charge in [-0.25, -0.2) is 4.99 Å². The van der Waals surface area contributed by atoms with Gasteiger partial charge in [0.15, 0.2) is 5.96 Å². The van der Waals surface area contributed by atoms with E-state index in [1.165, 1.54) is 19.3 Å². The van der Waals surface area contributed by atoms with Gasteiger partial charge in [0.05, 0.1) is 13.2 Å². The summed E-state index contributed by atoms with van der Waals surface area (Å²) in [6.45, 7) is 2.61. The largest absolute Gasteiger partial charge is 0.392 e. The molecule has 0 unspecified atom stereocenters. The first-order valence-electron chi connectivity index (χ1n) is 6.54. The van der Waals surface area contributed by atoms with E-state index in [2.05, 4.69) is 9.89 Å². The van der Waals surface area contributed by atoms with Crippen molar-refractivity contribution in [3.63, 3.8) is 0 Å². The Kier molecular flexibility index (Phi) is 7.15. The van der Waals surface area contributed by atoms with Gasteiger partial charge in [0.25, 0.3) is 0 Å². The number of aliphatic hydroxyl groups excluding tert-OH is 1. The molecule has 1 fully saturated rings. The molecule has 1 heterocycles. The van der Waals surface area contributed by atoms with Gasteiger partial charge in [-0.1, -0.05) is 24.3 Å². The topological polar surface area (TPSA) is 61.9 Å². The molecule has 0 spiro atoms. The van der Waals surface area contributed by atoms with Crippen molar-refractivity contribution in [1.29, 1.82) is 0 Å². The molecule has 0 saturated carbocycles. The molecular formula is C14H22IN3O. The van der Waals surface area contributed by atoms with Crippen LogP contribution in [-0.2, 0) is 13.2 Å². The molecule has 3 N–H and O–H groups in total. The summed E-state index contributed by atoms with van der Waals surface area (Å²) in [5, 5.41) is 9.24. The summed E-state index contributed by atoms with van der Waals surface area (Å²) < 4.78 is 0. The summed E-state index contributed by atoms with van der Waals surface area (Å²) in [6.07, 6.45) is 3.68. The van der Waals surface area contributed by atoms with Crippen LogP contribution in [0, 0.1) is 0 Å². The number of hydrogen-bond acceptors (Lipinski definition) is 2. The van der Waals surface area contributed by atoms with E-state index in [4.69, 9.17) is 5.73 Å². The number of piperidine rings is 1. The third-order valence-corrected chi connectivity index (χ3v) is 3.38. The molecule has 106 valence electrons. The lowest BCUT2D eigenvalue weighted by Gasteiger charge is -2.27. The van der Waals surface area contributed by atoms with Crippen LogP contribution < -0.4 is 5.73 Å². The van der Waals surface area contributed by atoms with Crippen LogP contribution >= 0.6 is 24.0 Å². The number of hydrogen-bond donors (Lipinski definition) is 2. The number of guanidine groups is 1. The number of nitrogens with zero attached hydrogens (tertiary/aromatic N) is 2. The second-order valence-corrected chi connectivity index (χ2v) is 4.65. The lowest BCUT2D eigenvalue weighted by molar-refractivity contribution is 0.280. The number of halogens is 1. The smallest absolute Gasteiger partial charge is 0.191 e. The molecule has 4 nitrogen and oxygen atoms in total. The summed E-state index contributed by atoms with van der Waals surface area (Å²) in [7, 11) is 0. The van der Waals surface area contributed by atoms with E-state index in [1.807, 2.05) is 24.3 Å². The van der Waals surface area contributed by atoms with Crippen molar-refractivity contribution < 1.29 is 5.11 Å². The molecule has 1 aliphatic heterocycles. The molecular weight excluding hydrogens is 353 g/mol. The standard InChI is InChI=1S/C14H21N3O.HI/c15-14(17-8-4-1-5-9-17)16-10-12-6-2-3-7-13(12)11-18;/h2-3,6-7,18H,1,4-5,8-11H2,(H2,15,16);1H. The van der Waals surface area contributed by atoms with Crippen LogP contribution in [0.4, 0.5) is 0 Å². The molecule has 0 bridgehead atoms. The Morgan fingerprint density at radius 3 is 2.42 bits per heavy atom. The van der Waals surface area contributed by atoms with E-state index in [0.29, 0.717) is 12.5 Å². The highest BCUT2D eigenvalue weighted by Crippen LogP contribution is 2.11. The molecule has 2 rings (SSSR count). The highest BCUT2D eigenvalue weighted by molar-refractivity contribution is 14.0. The first kappa shape index (κ1) is 16.2. The zero-order chi connectivity index (χ0) is 12.8. The highest BCUT2D eigenvalue weighted by atomic mass is 127. The van der Waals surface area contributed by atoms with Crippen molar-refractivity contribution in [3.8, 4) is 0 Å². The molecule has 1 aromatic rings. The van der Waals surface area contributed by atoms with Gasteiger partial charge < -0.3 is 15.7 Å². The van der Waals surface area contributed by atoms with Crippen molar-refractivity contribution >= 4 is 29.9 Å². The van der Waals surface area contributed by atoms with Gasteiger partial charge in [-0.05, 0) is 30.4 Å². The maximum Gasteiger partial charge on any atom is 0.191 e. The predicted octanol–water partition coefficient (Wildman–Crippen LogP) is 2.10. The maximum absolute atomic E-state index is 9.24. The molecule has 1 aromatic carbocycles. The van der Waals surface area contributed by atoms with Crippen LogP contribution in [-0.4, -0.2) is 29.1 Å². The summed E-state index contributed by atoms with van der Waals surface area (Å²) in [5.41, 5.74) is 7.97. The van der Waals surface area contributed by atoms with Gasteiger partial charge in [-0.2, -0.15) is 0 Å². The Hall–Kier alpha value is -0.820. The van der Waals surface area contributed by atoms with Crippen LogP contribution in [0.3, 0.4) is 0 Å². The third kappa shape index (κ3) is 4.65. The number of aliphatic hydroxyl groups is 1. The maximum atomic E-state index is 9.24. The summed E-state index contributed by atoms with van der Waals surface area (Å²) in [4.78, 5) is 6.58. The average molecular weight is 375 g/mol. The second-order valence-electron chi connectivity index (χ2n) is 4.65. The minimum absolute atomic E-state index is 0. The molecule has 19 heavy (non-hydrogen) atoms. The number of aliphatic imine (C=N–C) groups is 1. The minimum atomic E-state index is 0. The van der Waals surface area contributed by atoms with Crippen molar-refractivity contribution in [2.75, 3.05) is 13.1 Å². The average Bonchev–Trinajstić information content (AvgIpc) is 2.46. The first-order valence-corrected chi connectivity index (χ1v) is 6.54. The fourth-order valence-electron chi connectivity index (χ4n) is 2.26. The molecule has 5 heteroatoms. The van der Waals surface area contributed by atoms with E-state index in [9.17, 15) is 5.11 Å². The Labute approximate surface area is 131 Å². The van der Waals surface area contributed by atoms with E-state index in [1.54, 1.807) is 0 Å². The Bertz CT molecular complexity index is 417. The van der Waals surface area contributed by atoms with Crippen molar-refractivity contribution in [2.24, 2.45) is 10.7 Å². The van der Waals surface area contributed by atoms with Crippen LogP contribution in [0.25, 0.3) is 0 Å². The summed E-state index contributed by atoms with van der Waals surface area (Å²) in [5.74, 6) is 0.627. The van der Waals surface area contributed by atoms with E-state index < -0.39 is 0 Å². The van der Waals surface area contributed by atoms with Crippen LogP contribution in [0.5, 0.6) is 0 Å². The molecule has 1 aliphatic rings. The molecule has 0 aliphatic carbocycles. The van der Waals surface area contributed by atoms with Gasteiger partial charge in [0, 0.05) is 13.1 Å². The van der Waals surface area contributed by atoms with Crippen molar-refractivity contribution in [2.45, 2.75) is 32.4 Å². The van der Waals surface area contributed by atoms with Crippen LogP contribution in [0.1, 0.15) is 30.4 Å². The Morgan fingerprint density at radius 1 is 1.16 bits per heavy atom. The van der Waals surface area contributed by atoms with Crippen LogP contribution in [0.15, 0.2) is 29.3 Å². The van der Waals surface area contributed by atoms with E-state index in [0.717, 1.165) is 24.2 Å². The normalized spacial score (nSPS) is 16.1. The zero-order valence-corrected chi connectivity index (χ0v) is 13.4. The molecule has 0 aromatic heterocycles. The van der Waals surface area contributed by atoms with Gasteiger partial charge in [0.2, 0.25) is 0 Å². The predicted molar refractivity (Wildman–Crippen MR) is 88.5 cm³/mol. The van der Waals surface area contributed by atoms with Gasteiger partial charge >= 0.3 is 0 Å². The fraction of sp³-hybridized carbons (Fsp3) is 0.500. The minimum Gasteiger partial charge on any atom is -0.392 e. The second kappa shape index (κ2) is 8.37. The zero-order valence-electron chi connectivity index (χ0n) is 11.1. The Morgan fingerprint density at radius 2 is 1.79 bits per heavy atom. The van der Waals surface area contributed by atoms with Gasteiger partial charge in [-0.15, -0.1) is 24.0 Å². The summed E-state index contributed by atoms with van der Waals surface area (Å²) in [6, 6.07) is 7.79. The number of nitrogens with two attached hydrogens (primary N) is 1.